The lowest BCUT2D eigenvalue weighted by Gasteiger charge is -2.25. The molecule has 0 bridgehead atoms. The van der Waals surface area contributed by atoms with Crippen LogP contribution in [0.4, 0.5) is 12.0 Å². The first-order valence-corrected chi connectivity index (χ1v) is 10.9. The number of nitrogens with zero attached hydrogens (tertiary/aromatic N) is 7. The Bertz CT molecular complexity index is 1480. The standard InChI is InChI=1S/C25H26N8O/c1-25(2,3)33-20-11-10-15(16-13-27-23(26)28-14-16)12-19(20)29-22(33)18-9-7-6-8-17(18)21-30-24(32(4)5)34-31-21/h6-14H,1-5H3,(H2,26,27,28). The monoisotopic (exact) mass is 454 g/mol. The summed E-state index contributed by atoms with van der Waals surface area (Å²) in [5, 5.41) is 4.21. The van der Waals surface area contributed by atoms with E-state index >= 15 is 0 Å². The summed E-state index contributed by atoms with van der Waals surface area (Å²) >= 11 is 0. The second-order valence-electron chi connectivity index (χ2n) is 9.32. The van der Waals surface area contributed by atoms with Crippen molar-refractivity contribution in [1.29, 1.82) is 0 Å². The van der Waals surface area contributed by atoms with Gasteiger partial charge in [0, 0.05) is 48.7 Å². The molecule has 172 valence electrons. The third kappa shape index (κ3) is 3.75. The summed E-state index contributed by atoms with van der Waals surface area (Å²) in [6.07, 6.45) is 3.44. The minimum Gasteiger partial charge on any atom is -0.368 e. The second-order valence-corrected chi connectivity index (χ2v) is 9.32. The number of nitrogens with two attached hydrogens (primary N) is 1. The van der Waals surface area contributed by atoms with Crippen molar-refractivity contribution in [3.8, 4) is 33.9 Å². The average molecular weight is 455 g/mol. The smallest absolute Gasteiger partial charge is 0.323 e. The lowest BCUT2D eigenvalue weighted by Crippen LogP contribution is -2.22. The molecule has 3 aromatic heterocycles. The average Bonchev–Trinajstić information content (AvgIpc) is 3.44. The molecule has 0 radical (unpaired) electrons. The summed E-state index contributed by atoms with van der Waals surface area (Å²) in [5.41, 5.74) is 11.0. The van der Waals surface area contributed by atoms with E-state index in [0.29, 0.717) is 11.8 Å². The van der Waals surface area contributed by atoms with Crippen molar-refractivity contribution in [1.82, 2.24) is 29.7 Å². The number of fused-ring (bicyclic) bond motifs is 1. The van der Waals surface area contributed by atoms with Gasteiger partial charge in [-0.15, -0.1) is 0 Å². The Labute approximate surface area is 197 Å². The normalized spacial score (nSPS) is 11.8. The Balaban J connectivity index is 1.71. The minimum atomic E-state index is -0.227. The zero-order valence-electron chi connectivity index (χ0n) is 19.8. The molecule has 2 aromatic carbocycles. The largest absolute Gasteiger partial charge is 0.368 e. The van der Waals surface area contributed by atoms with Gasteiger partial charge in [-0.05, 0) is 38.5 Å². The minimum absolute atomic E-state index is 0.227. The van der Waals surface area contributed by atoms with Crippen molar-refractivity contribution < 1.29 is 4.52 Å². The molecule has 0 unspecified atom stereocenters. The van der Waals surface area contributed by atoms with Gasteiger partial charge in [0.2, 0.25) is 11.8 Å². The van der Waals surface area contributed by atoms with E-state index in [2.05, 4.69) is 63.6 Å². The molecule has 0 aliphatic heterocycles. The number of imidazole rings is 1. The molecule has 0 atom stereocenters. The van der Waals surface area contributed by atoms with E-state index in [4.69, 9.17) is 15.2 Å². The number of hydrogen-bond acceptors (Lipinski definition) is 8. The van der Waals surface area contributed by atoms with E-state index in [1.807, 2.05) is 38.4 Å². The fraction of sp³-hybridized carbons (Fsp3) is 0.240. The summed E-state index contributed by atoms with van der Waals surface area (Å²) < 4.78 is 7.67. The molecule has 9 nitrogen and oxygen atoms in total. The van der Waals surface area contributed by atoms with Crippen LogP contribution in [0.15, 0.2) is 59.4 Å². The number of nitrogen functional groups attached to an aromatic ring is 1. The van der Waals surface area contributed by atoms with Crippen molar-refractivity contribution in [3.05, 3.63) is 54.9 Å². The van der Waals surface area contributed by atoms with Gasteiger partial charge in [0.25, 0.3) is 0 Å². The number of benzene rings is 2. The van der Waals surface area contributed by atoms with Crippen LogP contribution in [0.3, 0.4) is 0 Å². The lowest BCUT2D eigenvalue weighted by molar-refractivity contribution is 0.413. The van der Waals surface area contributed by atoms with Crippen LogP contribution in [0.1, 0.15) is 20.8 Å². The summed E-state index contributed by atoms with van der Waals surface area (Å²) in [7, 11) is 3.73. The molecule has 0 aliphatic rings. The maximum absolute atomic E-state index is 5.65. The van der Waals surface area contributed by atoms with Crippen LogP contribution in [0.25, 0.3) is 44.9 Å². The van der Waals surface area contributed by atoms with Crippen molar-refractivity contribution in [3.63, 3.8) is 0 Å². The highest BCUT2D eigenvalue weighted by molar-refractivity contribution is 5.88. The number of anilines is 2. The van der Waals surface area contributed by atoms with Gasteiger partial charge >= 0.3 is 6.01 Å². The molecule has 34 heavy (non-hydrogen) atoms. The molecule has 0 saturated heterocycles. The van der Waals surface area contributed by atoms with Gasteiger partial charge in [-0.1, -0.05) is 35.5 Å². The zero-order valence-corrected chi connectivity index (χ0v) is 19.8. The Kier molecular flexibility index (Phi) is 5.04. The fourth-order valence-electron chi connectivity index (χ4n) is 3.99. The first-order valence-electron chi connectivity index (χ1n) is 10.9. The summed E-state index contributed by atoms with van der Waals surface area (Å²) in [6, 6.07) is 14.6. The van der Waals surface area contributed by atoms with Gasteiger partial charge in [-0.25, -0.2) is 15.0 Å². The number of rotatable bonds is 4. The highest BCUT2D eigenvalue weighted by Crippen LogP contribution is 2.37. The number of aromatic nitrogens is 6. The zero-order chi connectivity index (χ0) is 24.0. The Morgan fingerprint density at radius 2 is 1.62 bits per heavy atom. The Morgan fingerprint density at radius 3 is 2.26 bits per heavy atom. The van der Waals surface area contributed by atoms with E-state index in [0.717, 1.165) is 39.1 Å². The molecule has 0 spiro atoms. The van der Waals surface area contributed by atoms with Crippen LogP contribution in [-0.4, -0.2) is 43.8 Å². The van der Waals surface area contributed by atoms with Crippen LogP contribution >= 0.6 is 0 Å². The molecule has 5 aromatic rings. The van der Waals surface area contributed by atoms with Gasteiger partial charge in [0.1, 0.15) is 5.82 Å². The summed E-state index contributed by atoms with van der Waals surface area (Å²) in [6.45, 7) is 6.50. The quantitative estimate of drug-likeness (QED) is 0.419. The highest BCUT2D eigenvalue weighted by atomic mass is 16.5. The highest BCUT2D eigenvalue weighted by Gasteiger charge is 2.25. The van der Waals surface area contributed by atoms with Gasteiger partial charge in [-0.3, -0.25) is 0 Å². The Morgan fingerprint density at radius 1 is 0.912 bits per heavy atom. The van der Waals surface area contributed by atoms with Gasteiger partial charge in [-0.2, -0.15) is 4.98 Å². The molecule has 0 aliphatic carbocycles. The SMILES string of the molecule is CN(C)c1nc(-c2ccccc2-c2nc3cc(-c4cnc(N)nc4)ccc3n2C(C)(C)C)no1. The predicted molar refractivity (Wildman–Crippen MR) is 133 cm³/mol. The van der Waals surface area contributed by atoms with Crippen LogP contribution in [0.2, 0.25) is 0 Å². The van der Waals surface area contributed by atoms with Crippen LogP contribution in [0.5, 0.6) is 0 Å². The molecule has 3 heterocycles. The molecule has 5 rings (SSSR count). The molecular formula is C25H26N8O. The number of hydrogen-bond donors (Lipinski definition) is 1. The molecular weight excluding hydrogens is 428 g/mol. The van der Waals surface area contributed by atoms with E-state index in [-0.39, 0.29) is 11.5 Å². The Hall–Kier alpha value is -4.27. The molecule has 9 heteroatoms. The van der Waals surface area contributed by atoms with Crippen molar-refractivity contribution in [2.24, 2.45) is 0 Å². The first kappa shape index (κ1) is 21.6. The van der Waals surface area contributed by atoms with E-state index in [1.54, 1.807) is 17.3 Å². The van der Waals surface area contributed by atoms with E-state index in [9.17, 15) is 0 Å². The predicted octanol–water partition coefficient (Wildman–Crippen LogP) is 4.61. The van der Waals surface area contributed by atoms with Crippen molar-refractivity contribution in [2.45, 2.75) is 26.3 Å². The van der Waals surface area contributed by atoms with E-state index in [1.165, 1.54) is 0 Å². The molecule has 2 N–H and O–H groups in total. The maximum Gasteiger partial charge on any atom is 0.323 e. The van der Waals surface area contributed by atoms with E-state index < -0.39 is 0 Å². The fourth-order valence-corrected chi connectivity index (χ4v) is 3.99. The van der Waals surface area contributed by atoms with Gasteiger partial charge in [0.15, 0.2) is 0 Å². The van der Waals surface area contributed by atoms with Crippen LogP contribution in [0, 0.1) is 0 Å². The van der Waals surface area contributed by atoms with Crippen LogP contribution in [-0.2, 0) is 5.54 Å². The second kappa shape index (κ2) is 7.95. The van der Waals surface area contributed by atoms with Gasteiger partial charge in [0.05, 0.1) is 11.0 Å². The van der Waals surface area contributed by atoms with Crippen LogP contribution < -0.4 is 10.6 Å². The third-order valence-electron chi connectivity index (χ3n) is 5.54. The van der Waals surface area contributed by atoms with Crippen molar-refractivity contribution >= 4 is 23.0 Å². The molecule has 0 amide bonds. The topological polar surface area (TPSA) is 112 Å². The molecule has 0 fully saturated rings. The third-order valence-corrected chi connectivity index (χ3v) is 5.54. The first-order chi connectivity index (χ1) is 16.2. The maximum atomic E-state index is 5.65. The van der Waals surface area contributed by atoms with Crippen molar-refractivity contribution in [2.75, 3.05) is 24.7 Å². The van der Waals surface area contributed by atoms with Gasteiger partial charge < -0.3 is 19.7 Å². The molecule has 0 saturated carbocycles. The summed E-state index contributed by atoms with van der Waals surface area (Å²) in [5.74, 6) is 1.60. The lowest BCUT2D eigenvalue weighted by atomic mass is 10.0. The summed E-state index contributed by atoms with van der Waals surface area (Å²) in [4.78, 5) is 19.7.